The van der Waals surface area contributed by atoms with Crippen LogP contribution in [0.1, 0.15) is 31.4 Å². The summed E-state index contributed by atoms with van der Waals surface area (Å²) in [7, 11) is 0. The number of carbonyl (C=O) groups is 2. The van der Waals surface area contributed by atoms with E-state index in [1.165, 1.54) is 0 Å². The number of amides is 2. The van der Waals surface area contributed by atoms with Gasteiger partial charge < -0.3 is 14.7 Å². The van der Waals surface area contributed by atoms with Crippen LogP contribution in [0.3, 0.4) is 0 Å². The molecule has 0 N–H and O–H groups in total. The van der Waals surface area contributed by atoms with Crippen LogP contribution in [0.2, 0.25) is 0 Å². The van der Waals surface area contributed by atoms with Crippen LogP contribution in [0.5, 0.6) is 0 Å². The van der Waals surface area contributed by atoms with Crippen LogP contribution < -0.4 is 4.90 Å². The summed E-state index contributed by atoms with van der Waals surface area (Å²) in [4.78, 5) is 35.7. The van der Waals surface area contributed by atoms with Crippen LogP contribution in [0, 0.1) is 12.8 Å². The highest BCUT2D eigenvalue weighted by molar-refractivity contribution is 7.13. The van der Waals surface area contributed by atoms with E-state index >= 15 is 0 Å². The molecule has 3 aliphatic rings. The number of hydrogen-bond donors (Lipinski definition) is 0. The summed E-state index contributed by atoms with van der Waals surface area (Å²) in [5.41, 5.74) is 1.05. The lowest BCUT2D eigenvalue weighted by molar-refractivity contribution is -0.135. The van der Waals surface area contributed by atoms with Crippen LogP contribution in [0.15, 0.2) is 5.38 Å². The molecule has 6 nitrogen and oxygen atoms in total. The van der Waals surface area contributed by atoms with Gasteiger partial charge in [-0.3, -0.25) is 9.59 Å². The van der Waals surface area contributed by atoms with Gasteiger partial charge in [0.15, 0.2) is 5.13 Å². The Morgan fingerprint density at radius 2 is 2.08 bits per heavy atom. The molecule has 2 amide bonds. The van der Waals surface area contributed by atoms with Gasteiger partial charge >= 0.3 is 0 Å². The maximum absolute atomic E-state index is 12.9. The second-order valence-electron chi connectivity index (χ2n) is 7.12. The summed E-state index contributed by atoms with van der Waals surface area (Å²) in [6.45, 7) is 5.92. The van der Waals surface area contributed by atoms with Crippen molar-refractivity contribution in [2.75, 3.05) is 37.6 Å². The van der Waals surface area contributed by atoms with E-state index in [4.69, 9.17) is 0 Å². The van der Waals surface area contributed by atoms with Crippen molar-refractivity contribution in [1.82, 2.24) is 14.8 Å². The van der Waals surface area contributed by atoms with Crippen molar-refractivity contribution >= 4 is 28.3 Å². The largest absolute Gasteiger partial charge is 0.346 e. The predicted molar refractivity (Wildman–Crippen MR) is 93.1 cm³/mol. The van der Waals surface area contributed by atoms with E-state index in [1.54, 1.807) is 11.3 Å². The molecule has 1 unspecified atom stereocenters. The maximum atomic E-state index is 12.9. The Morgan fingerprint density at radius 1 is 1.25 bits per heavy atom. The molecule has 4 rings (SSSR count). The fourth-order valence-electron chi connectivity index (χ4n) is 3.71. The predicted octanol–water partition coefficient (Wildman–Crippen LogP) is 1.50. The van der Waals surface area contributed by atoms with Gasteiger partial charge in [-0.1, -0.05) is 0 Å². The lowest BCUT2D eigenvalue weighted by atomic mass is 10.1. The first-order valence-corrected chi connectivity index (χ1v) is 9.75. The van der Waals surface area contributed by atoms with Crippen molar-refractivity contribution in [3.63, 3.8) is 0 Å². The summed E-state index contributed by atoms with van der Waals surface area (Å²) in [5, 5.41) is 3.12. The van der Waals surface area contributed by atoms with Gasteiger partial charge in [0, 0.05) is 50.6 Å². The van der Waals surface area contributed by atoms with E-state index in [0.29, 0.717) is 19.0 Å². The Balaban J connectivity index is 1.36. The van der Waals surface area contributed by atoms with Crippen LogP contribution in [0.4, 0.5) is 5.13 Å². The summed E-state index contributed by atoms with van der Waals surface area (Å²) in [6.07, 6.45) is 3.58. The molecule has 2 saturated heterocycles. The van der Waals surface area contributed by atoms with Gasteiger partial charge in [0.05, 0.1) is 11.6 Å². The molecule has 2 aliphatic heterocycles. The third-order valence-corrected chi connectivity index (χ3v) is 6.20. The molecule has 1 aromatic rings. The third kappa shape index (κ3) is 3.14. The average Bonchev–Trinajstić information content (AvgIpc) is 3.27. The SMILES string of the molecule is Cc1csc(N2CCCN(C(=O)C3CC(=O)N(C4CC4)C3)CC2)n1. The van der Waals surface area contributed by atoms with E-state index in [0.717, 1.165) is 56.3 Å². The monoisotopic (exact) mass is 348 g/mol. The number of aromatic nitrogens is 1. The Labute approximate surface area is 146 Å². The first-order valence-electron chi connectivity index (χ1n) is 8.87. The van der Waals surface area contributed by atoms with Crippen molar-refractivity contribution in [3.8, 4) is 0 Å². The van der Waals surface area contributed by atoms with Gasteiger partial charge in [-0.05, 0) is 26.2 Å². The van der Waals surface area contributed by atoms with Crippen molar-refractivity contribution < 1.29 is 9.59 Å². The molecule has 130 valence electrons. The first-order chi connectivity index (χ1) is 11.6. The molecule has 1 saturated carbocycles. The number of carbonyl (C=O) groups excluding carboxylic acids is 2. The Morgan fingerprint density at radius 3 is 2.79 bits per heavy atom. The van der Waals surface area contributed by atoms with Gasteiger partial charge in [0.25, 0.3) is 0 Å². The van der Waals surface area contributed by atoms with Crippen molar-refractivity contribution in [1.29, 1.82) is 0 Å². The van der Waals surface area contributed by atoms with Crippen molar-refractivity contribution in [2.45, 2.75) is 38.6 Å². The molecule has 1 aromatic heterocycles. The molecule has 1 atom stereocenters. The van der Waals surface area contributed by atoms with Gasteiger partial charge in [0.2, 0.25) is 11.8 Å². The molecule has 0 radical (unpaired) electrons. The zero-order chi connectivity index (χ0) is 16.7. The van der Waals surface area contributed by atoms with Crippen molar-refractivity contribution in [3.05, 3.63) is 11.1 Å². The highest BCUT2D eigenvalue weighted by Gasteiger charge is 2.42. The minimum atomic E-state index is -0.133. The number of aryl methyl sites for hydroxylation is 1. The smallest absolute Gasteiger partial charge is 0.228 e. The van der Waals surface area contributed by atoms with E-state index in [2.05, 4.69) is 15.3 Å². The number of likely N-dealkylation sites (tertiary alicyclic amines) is 1. The lowest BCUT2D eigenvalue weighted by Crippen LogP contribution is -2.40. The Kier molecular flexibility index (Phi) is 4.20. The summed E-state index contributed by atoms with van der Waals surface area (Å²) >= 11 is 1.67. The topological polar surface area (TPSA) is 56.8 Å². The van der Waals surface area contributed by atoms with Crippen LogP contribution in [-0.2, 0) is 9.59 Å². The molecule has 0 aromatic carbocycles. The summed E-state index contributed by atoms with van der Waals surface area (Å²) in [6, 6.07) is 0.420. The van der Waals surface area contributed by atoms with Crippen LogP contribution in [0.25, 0.3) is 0 Å². The molecular formula is C17H24N4O2S. The van der Waals surface area contributed by atoms with Gasteiger partial charge in [0.1, 0.15) is 0 Å². The van der Waals surface area contributed by atoms with E-state index < -0.39 is 0 Å². The summed E-state index contributed by atoms with van der Waals surface area (Å²) < 4.78 is 0. The van der Waals surface area contributed by atoms with Crippen LogP contribution in [-0.4, -0.2) is 65.4 Å². The maximum Gasteiger partial charge on any atom is 0.228 e. The fraction of sp³-hybridized carbons (Fsp3) is 0.706. The highest BCUT2D eigenvalue weighted by atomic mass is 32.1. The molecule has 3 heterocycles. The highest BCUT2D eigenvalue weighted by Crippen LogP contribution is 2.33. The van der Waals surface area contributed by atoms with Gasteiger partial charge in [-0.25, -0.2) is 4.98 Å². The minimum absolute atomic E-state index is 0.133. The average molecular weight is 348 g/mol. The normalized spacial score (nSPS) is 25.3. The van der Waals surface area contributed by atoms with E-state index in [1.807, 2.05) is 16.7 Å². The quantitative estimate of drug-likeness (QED) is 0.831. The zero-order valence-corrected chi connectivity index (χ0v) is 14.9. The van der Waals surface area contributed by atoms with Crippen LogP contribution >= 0.6 is 11.3 Å². The number of anilines is 1. The molecule has 24 heavy (non-hydrogen) atoms. The standard InChI is InChI=1S/C17H24N4O2S/c1-12-11-24-17(18-12)20-6-2-5-19(7-8-20)16(23)13-9-15(22)21(10-13)14-3-4-14/h11,13-14H,2-10H2,1H3. The second-order valence-corrected chi connectivity index (χ2v) is 7.95. The Hall–Kier alpha value is -1.63. The van der Waals surface area contributed by atoms with Gasteiger partial charge in [-0.15, -0.1) is 11.3 Å². The molecule has 0 spiro atoms. The first kappa shape index (κ1) is 15.9. The molecular weight excluding hydrogens is 324 g/mol. The molecule has 3 fully saturated rings. The number of hydrogen-bond acceptors (Lipinski definition) is 5. The lowest BCUT2D eigenvalue weighted by Gasteiger charge is -2.24. The molecule has 1 aliphatic carbocycles. The molecule has 7 heteroatoms. The second kappa shape index (κ2) is 6.35. The van der Waals surface area contributed by atoms with Gasteiger partial charge in [-0.2, -0.15) is 0 Å². The van der Waals surface area contributed by atoms with Crippen molar-refractivity contribution in [2.24, 2.45) is 5.92 Å². The minimum Gasteiger partial charge on any atom is -0.346 e. The number of thiazole rings is 1. The summed E-state index contributed by atoms with van der Waals surface area (Å²) in [5.74, 6) is 0.209. The molecule has 0 bridgehead atoms. The Bertz CT molecular complexity index is 642. The number of nitrogens with zero attached hydrogens (tertiary/aromatic N) is 4. The van der Waals surface area contributed by atoms with E-state index in [9.17, 15) is 9.59 Å². The third-order valence-electron chi connectivity index (χ3n) is 5.18. The fourth-order valence-corrected chi connectivity index (χ4v) is 4.57. The number of rotatable bonds is 3. The zero-order valence-electron chi connectivity index (χ0n) is 14.1. The van der Waals surface area contributed by atoms with E-state index in [-0.39, 0.29) is 17.7 Å².